The highest BCUT2D eigenvalue weighted by Crippen LogP contribution is 2.20. The lowest BCUT2D eigenvalue weighted by Gasteiger charge is -2.22. The van der Waals surface area contributed by atoms with E-state index in [2.05, 4.69) is 5.32 Å². The Balaban J connectivity index is 2.80. The average molecular weight is 247 g/mol. The van der Waals surface area contributed by atoms with Gasteiger partial charge in [-0.2, -0.15) is 5.26 Å². The smallest absolute Gasteiger partial charge is 0.227 e. The SMILES string of the molecule is COC(C)(C)CC(=O)Nc1ccc(N)cc1C#N. The number of carbonyl (C=O) groups excluding carboxylic acids is 1. The molecule has 0 bridgehead atoms. The molecule has 96 valence electrons. The van der Waals surface area contributed by atoms with E-state index in [1.54, 1.807) is 19.2 Å². The van der Waals surface area contributed by atoms with Crippen molar-refractivity contribution in [3.63, 3.8) is 0 Å². The van der Waals surface area contributed by atoms with Gasteiger partial charge < -0.3 is 15.8 Å². The van der Waals surface area contributed by atoms with Crippen molar-refractivity contribution in [3.8, 4) is 6.07 Å². The summed E-state index contributed by atoms with van der Waals surface area (Å²) in [6, 6.07) is 6.77. The molecule has 1 rings (SSSR count). The number of nitrogens with one attached hydrogen (secondary N) is 1. The third-order valence-corrected chi connectivity index (χ3v) is 2.58. The fraction of sp³-hybridized carbons (Fsp3) is 0.385. The zero-order chi connectivity index (χ0) is 13.8. The van der Waals surface area contributed by atoms with Gasteiger partial charge in [0, 0.05) is 12.8 Å². The lowest BCUT2D eigenvalue weighted by molar-refractivity contribution is -0.121. The summed E-state index contributed by atoms with van der Waals surface area (Å²) in [5, 5.41) is 11.6. The van der Waals surface area contributed by atoms with Crippen LogP contribution in [-0.2, 0) is 9.53 Å². The Morgan fingerprint density at radius 1 is 1.56 bits per heavy atom. The third kappa shape index (κ3) is 3.75. The number of ether oxygens (including phenoxy) is 1. The monoisotopic (exact) mass is 247 g/mol. The number of nitrogens with zero attached hydrogens (tertiary/aromatic N) is 1. The molecule has 0 radical (unpaired) electrons. The molecule has 18 heavy (non-hydrogen) atoms. The molecule has 0 fully saturated rings. The van der Waals surface area contributed by atoms with E-state index in [4.69, 9.17) is 15.7 Å². The molecule has 0 saturated heterocycles. The molecule has 5 nitrogen and oxygen atoms in total. The van der Waals surface area contributed by atoms with Gasteiger partial charge in [0.25, 0.3) is 0 Å². The lowest BCUT2D eigenvalue weighted by atomic mass is 10.0. The van der Waals surface area contributed by atoms with Crippen LogP contribution in [0.1, 0.15) is 25.8 Å². The summed E-state index contributed by atoms with van der Waals surface area (Å²) < 4.78 is 5.18. The molecule has 0 spiro atoms. The minimum Gasteiger partial charge on any atom is -0.399 e. The zero-order valence-electron chi connectivity index (χ0n) is 10.8. The Morgan fingerprint density at radius 3 is 2.78 bits per heavy atom. The number of rotatable bonds is 4. The molecule has 3 N–H and O–H groups in total. The average Bonchev–Trinajstić information content (AvgIpc) is 2.30. The summed E-state index contributed by atoms with van der Waals surface area (Å²) in [5.41, 5.74) is 6.33. The van der Waals surface area contributed by atoms with Crippen LogP contribution in [0.2, 0.25) is 0 Å². The predicted octanol–water partition coefficient (Wildman–Crippen LogP) is 1.89. The number of nitrogens with two attached hydrogens (primary N) is 1. The van der Waals surface area contributed by atoms with Crippen LogP contribution in [-0.4, -0.2) is 18.6 Å². The summed E-state index contributed by atoms with van der Waals surface area (Å²) >= 11 is 0. The van der Waals surface area contributed by atoms with E-state index in [1.807, 2.05) is 19.9 Å². The van der Waals surface area contributed by atoms with Crippen LogP contribution >= 0.6 is 0 Å². The highest BCUT2D eigenvalue weighted by molar-refractivity contribution is 5.93. The van der Waals surface area contributed by atoms with Gasteiger partial charge in [-0.3, -0.25) is 4.79 Å². The second-order valence-electron chi connectivity index (χ2n) is 4.61. The van der Waals surface area contributed by atoms with Crippen molar-refractivity contribution in [1.29, 1.82) is 5.26 Å². The first-order valence-electron chi connectivity index (χ1n) is 5.52. The van der Waals surface area contributed by atoms with Crippen LogP contribution < -0.4 is 11.1 Å². The van der Waals surface area contributed by atoms with Crippen molar-refractivity contribution >= 4 is 17.3 Å². The molecule has 1 aromatic rings. The second kappa shape index (κ2) is 5.52. The molecule has 0 atom stereocenters. The number of nitrogen functional groups attached to an aromatic ring is 1. The van der Waals surface area contributed by atoms with E-state index in [0.29, 0.717) is 16.9 Å². The number of benzene rings is 1. The topological polar surface area (TPSA) is 88.1 Å². The maximum Gasteiger partial charge on any atom is 0.227 e. The molecular formula is C13H17N3O2. The fourth-order valence-electron chi connectivity index (χ4n) is 1.42. The molecule has 0 aromatic heterocycles. The first-order valence-corrected chi connectivity index (χ1v) is 5.52. The minimum absolute atomic E-state index is 0.205. The predicted molar refractivity (Wildman–Crippen MR) is 69.9 cm³/mol. The van der Waals surface area contributed by atoms with Crippen LogP contribution in [0.3, 0.4) is 0 Å². The first-order chi connectivity index (χ1) is 8.38. The highest BCUT2D eigenvalue weighted by atomic mass is 16.5. The Bertz CT molecular complexity index is 489. The number of hydrogen-bond donors (Lipinski definition) is 2. The summed E-state index contributed by atoms with van der Waals surface area (Å²) in [7, 11) is 1.55. The number of anilines is 2. The van der Waals surface area contributed by atoms with Crippen LogP contribution in [0.5, 0.6) is 0 Å². The molecule has 5 heteroatoms. The minimum atomic E-state index is -0.537. The Hall–Kier alpha value is -2.06. The number of nitriles is 1. The summed E-state index contributed by atoms with van der Waals surface area (Å²) in [5.74, 6) is -0.205. The molecular weight excluding hydrogens is 230 g/mol. The zero-order valence-corrected chi connectivity index (χ0v) is 10.8. The maximum atomic E-state index is 11.8. The Kier molecular flexibility index (Phi) is 4.29. The normalized spacial score (nSPS) is 10.8. The van der Waals surface area contributed by atoms with Crippen molar-refractivity contribution in [2.24, 2.45) is 0 Å². The second-order valence-corrected chi connectivity index (χ2v) is 4.61. The molecule has 0 saturated carbocycles. The van der Waals surface area contributed by atoms with Gasteiger partial charge >= 0.3 is 0 Å². The van der Waals surface area contributed by atoms with Crippen molar-refractivity contribution in [3.05, 3.63) is 23.8 Å². The van der Waals surface area contributed by atoms with E-state index in [-0.39, 0.29) is 12.3 Å². The number of hydrogen-bond acceptors (Lipinski definition) is 4. The summed E-state index contributed by atoms with van der Waals surface area (Å²) in [4.78, 5) is 11.8. The van der Waals surface area contributed by atoms with Gasteiger partial charge in [0.1, 0.15) is 6.07 Å². The first kappa shape index (κ1) is 14.0. The van der Waals surface area contributed by atoms with Crippen molar-refractivity contribution in [2.45, 2.75) is 25.9 Å². The van der Waals surface area contributed by atoms with Crippen LogP contribution in [0.4, 0.5) is 11.4 Å². The summed E-state index contributed by atoms with van der Waals surface area (Å²) in [6.45, 7) is 3.64. The number of amides is 1. The van der Waals surface area contributed by atoms with Gasteiger partial charge in [-0.15, -0.1) is 0 Å². The molecule has 1 aromatic carbocycles. The lowest BCUT2D eigenvalue weighted by Crippen LogP contribution is -2.29. The fourth-order valence-corrected chi connectivity index (χ4v) is 1.42. The molecule has 0 aliphatic carbocycles. The van der Waals surface area contributed by atoms with Crippen molar-refractivity contribution in [1.82, 2.24) is 0 Å². The van der Waals surface area contributed by atoms with Gasteiger partial charge in [0.15, 0.2) is 0 Å². The van der Waals surface area contributed by atoms with Gasteiger partial charge in [-0.25, -0.2) is 0 Å². The highest BCUT2D eigenvalue weighted by Gasteiger charge is 2.21. The van der Waals surface area contributed by atoms with E-state index in [9.17, 15) is 4.79 Å². The molecule has 0 heterocycles. The third-order valence-electron chi connectivity index (χ3n) is 2.58. The maximum absolute atomic E-state index is 11.8. The quantitative estimate of drug-likeness (QED) is 0.795. The van der Waals surface area contributed by atoms with E-state index in [0.717, 1.165) is 0 Å². The largest absolute Gasteiger partial charge is 0.399 e. The molecule has 1 amide bonds. The molecule has 0 aliphatic heterocycles. The Morgan fingerprint density at radius 2 is 2.22 bits per heavy atom. The summed E-state index contributed by atoms with van der Waals surface area (Å²) in [6.07, 6.45) is 0.207. The van der Waals surface area contributed by atoms with E-state index < -0.39 is 5.60 Å². The van der Waals surface area contributed by atoms with E-state index in [1.165, 1.54) is 6.07 Å². The van der Waals surface area contributed by atoms with Gasteiger partial charge in [-0.05, 0) is 32.0 Å². The number of methoxy groups -OCH3 is 1. The van der Waals surface area contributed by atoms with Crippen LogP contribution in [0, 0.1) is 11.3 Å². The van der Waals surface area contributed by atoms with Crippen LogP contribution in [0.15, 0.2) is 18.2 Å². The van der Waals surface area contributed by atoms with Crippen molar-refractivity contribution in [2.75, 3.05) is 18.2 Å². The number of carbonyl (C=O) groups is 1. The van der Waals surface area contributed by atoms with E-state index >= 15 is 0 Å². The molecule has 0 aliphatic rings. The van der Waals surface area contributed by atoms with Crippen molar-refractivity contribution < 1.29 is 9.53 Å². The van der Waals surface area contributed by atoms with Crippen LogP contribution in [0.25, 0.3) is 0 Å². The Labute approximate surface area is 107 Å². The van der Waals surface area contributed by atoms with Gasteiger partial charge in [0.05, 0.1) is 23.3 Å². The molecule has 0 unspecified atom stereocenters. The van der Waals surface area contributed by atoms with Gasteiger partial charge in [0.2, 0.25) is 5.91 Å². The standard InChI is InChI=1S/C13H17N3O2/c1-13(2,18-3)7-12(17)16-11-5-4-10(15)6-9(11)8-14/h4-6H,7,15H2,1-3H3,(H,16,17). The van der Waals surface area contributed by atoms with Gasteiger partial charge in [-0.1, -0.05) is 0 Å².